The van der Waals surface area contributed by atoms with Crippen LogP contribution in [0.3, 0.4) is 0 Å². The van der Waals surface area contributed by atoms with Gasteiger partial charge in [-0.1, -0.05) is 59.6 Å². The van der Waals surface area contributed by atoms with Gasteiger partial charge in [-0.3, -0.25) is 23.7 Å². The topological polar surface area (TPSA) is 147 Å². The Balaban J connectivity index is 1.28. The molecule has 15 heteroatoms. The van der Waals surface area contributed by atoms with Crippen molar-refractivity contribution in [2.24, 2.45) is 0 Å². The number of methoxy groups -OCH3 is 1. The first kappa shape index (κ1) is 42.1. The van der Waals surface area contributed by atoms with Gasteiger partial charge < -0.3 is 25.0 Å². The van der Waals surface area contributed by atoms with Crippen LogP contribution >= 0.6 is 23.2 Å². The maximum atomic E-state index is 13.4. The van der Waals surface area contributed by atoms with Gasteiger partial charge in [0.25, 0.3) is 5.56 Å². The number of likely N-dealkylation sites (N-methyl/N-ethyl adjacent to an activating group) is 2. The Morgan fingerprint density at radius 2 is 1.66 bits per heavy atom. The molecule has 2 aromatic carbocycles. The number of nitrogens with one attached hydrogen (secondary N) is 2. The minimum atomic E-state index is -0.712. The number of benzene rings is 2. The van der Waals surface area contributed by atoms with E-state index in [1.807, 2.05) is 54.6 Å². The normalized spacial score (nSPS) is 14.7. The Morgan fingerprint density at radius 1 is 0.983 bits per heavy atom. The van der Waals surface area contributed by atoms with Crippen LogP contribution in [0.2, 0.25) is 10.0 Å². The Bertz CT molecular complexity index is 2430. The SMILES string of the molecule is CNC(=O)[C@H](C)N(C)Cc1cnc2cc(-c3cccc(-c4cccc(-c5ccc(CN(C[C@@H]6CCC(=O)N6)C(=O)OC(C)(C)C)c(OC)n5)c4Cl)c3Cl)ccn2c1=O. The maximum Gasteiger partial charge on any atom is 0.410 e. The molecule has 1 fully saturated rings. The molecule has 4 heterocycles. The lowest BCUT2D eigenvalue weighted by molar-refractivity contribution is -0.125. The second-order valence-electron chi connectivity index (χ2n) is 15.3. The standard InChI is InChI=1S/C43H47Cl2N7O6/c1-25(39(54)46-5)50(6)22-28-21-47-35-20-26(18-19-52(35)41(28)55)30-10-8-11-31(37(30)44)32-12-9-13-33(38(32)45)34-16-14-27(40(49-34)57-7)23-51(42(56)58-43(2,3)4)24-29-15-17-36(53)48-29/h8-14,16,18-21,25,29H,15,17,22-24H2,1-7H3,(H,46,54)(H,48,53)/t25-,29-/m0/s1. The molecule has 6 rings (SSSR count). The van der Waals surface area contributed by atoms with Crippen LogP contribution < -0.4 is 20.9 Å². The van der Waals surface area contributed by atoms with Crippen LogP contribution in [0.15, 0.2) is 77.9 Å². The number of hydrogen-bond acceptors (Lipinski definition) is 9. The maximum absolute atomic E-state index is 13.4. The van der Waals surface area contributed by atoms with Crippen molar-refractivity contribution in [2.45, 2.75) is 71.3 Å². The van der Waals surface area contributed by atoms with Gasteiger partial charge in [0, 0.05) is 72.8 Å². The molecule has 58 heavy (non-hydrogen) atoms. The summed E-state index contributed by atoms with van der Waals surface area (Å²) in [6.07, 6.45) is 3.74. The third kappa shape index (κ3) is 9.28. The summed E-state index contributed by atoms with van der Waals surface area (Å²) >= 11 is 14.3. The molecule has 2 N–H and O–H groups in total. The van der Waals surface area contributed by atoms with E-state index in [4.69, 9.17) is 37.7 Å². The Labute approximate surface area is 347 Å². The zero-order valence-electron chi connectivity index (χ0n) is 33.6. The van der Waals surface area contributed by atoms with Gasteiger partial charge in [-0.2, -0.15) is 0 Å². The number of carbonyl (C=O) groups is 3. The third-order valence-corrected chi connectivity index (χ3v) is 10.8. The van der Waals surface area contributed by atoms with Gasteiger partial charge in [0.2, 0.25) is 17.7 Å². The van der Waals surface area contributed by atoms with E-state index in [9.17, 15) is 19.2 Å². The molecule has 1 aliphatic rings. The van der Waals surface area contributed by atoms with E-state index in [-0.39, 0.29) is 43.0 Å². The number of nitrogens with zero attached hydrogens (tertiary/aromatic N) is 5. The van der Waals surface area contributed by atoms with Crippen molar-refractivity contribution < 1.29 is 23.9 Å². The van der Waals surface area contributed by atoms with Crippen molar-refractivity contribution in [3.63, 3.8) is 0 Å². The minimum Gasteiger partial charge on any atom is -0.481 e. The van der Waals surface area contributed by atoms with E-state index in [2.05, 4.69) is 15.6 Å². The number of carbonyl (C=O) groups excluding carboxylic acids is 3. The van der Waals surface area contributed by atoms with E-state index in [0.717, 1.165) is 11.1 Å². The van der Waals surface area contributed by atoms with Gasteiger partial charge in [-0.25, -0.2) is 14.8 Å². The van der Waals surface area contributed by atoms with E-state index < -0.39 is 17.7 Å². The molecule has 0 unspecified atom stereocenters. The number of hydrogen-bond donors (Lipinski definition) is 2. The quantitative estimate of drug-likeness (QED) is 0.136. The number of ether oxygens (including phenoxy) is 2. The van der Waals surface area contributed by atoms with E-state index in [1.165, 1.54) is 11.5 Å². The molecule has 0 bridgehead atoms. The highest BCUT2D eigenvalue weighted by molar-refractivity contribution is 6.39. The number of pyridine rings is 2. The van der Waals surface area contributed by atoms with Gasteiger partial charge in [-0.05, 0) is 71.0 Å². The molecule has 3 amide bonds. The minimum absolute atomic E-state index is 0.0424. The number of halogens is 2. The average molecular weight is 829 g/mol. The van der Waals surface area contributed by atoms with Gasteiger partial charge in [0.15, 0.2) is 0 Å². The van der Waals surface area contributed by atoms with Crippen molar-refractivity contribution in [3.05, 3.63) is 105 Å². The molecule has 2 atom stereocenters. The fraction of sp³-hybridized carbons (Fsp3) is 0.349. The predicted molar refractivity (Wildman–Crippen MR) is 225 cm³/mol. The van der Waals surface area contributed by atoms with Crippen molar-refractivity contribution in [2.75, 3.05) is 27.7 Å². The highest BCUT2D eigenvalue weighted by Crippen LogP contribution is 2.42. The van der Waals surface area contributed by atoms with E-state index >= 15 is 0 Å². The second-order valence-corrected chi connectivity index (χ2v) is 16.1. The average Bonchev–Trinajstić information content (AvgIpc) is 3.61. The zero-order valence-corrected chi connectivity index (χ0v) is 35.1. The summed E-state index contributed by atoms with van der Waals surface area (Å²) in [7, 11) is 4.87. The molecular weight excluding hydrogens is 781 g/mol. The molecule has 1 aliphatic heterocycles. The van der Waals surface area contributed by atoms with Crippen LogP contribution in [0.5, 0.6) is 5.88 Å². The molecule has 13 nitrogen and oxygen atoms in total. The van der Waals surface area contributed by atoms with Gasteiger partial charge in [0.1, 0.15) is 11.2 Å². The van der Waals surface area contributed by atoms with Crippen molar-refractivity contribution in [1.82, 2.24) is 34.8 Å². The van der Waals surface area contributed by atoms with E-state index in [1.54, 1.807) is 70.1 Å². The zero-order chi connectivity index (χ0) is 41.9. The lowest BCUT2D eigenvalue weighted by atomic mass is 9.97. The summed E-state index contributed by atoms with van der Waals surface area (Å²) in [4.78, 5) is 63.5. The molecular formula is C43H47Cl2N7O6. The number of amides is 3. The molecule has 0 aliphatic carbocycles. The number of rotatable bonds is 12. The molecule has 3 aromatic heterocycles. The summed E-state index contributed by atoms with van der Waals surface area (Å²) in [6, 6.07) is 17.9. The lowest BCUT2D eigenvalue weighted by Gasteiger charge is -2.29. The molecule has 0 saturated carbocycles. The van der Waals surface area contributed by atoms with Gasteiger partial charge in [0.05, 0.1) is 41.0 Å². The smallest absolute Gasteiger partial charge is 0.410 e. The summed E-state index contributed by atoms with van der Waals surface area (Å²) in [5, 5.41) is 6.43. The van der Waals surface area contributed by atoms with Gasteiger partial charge >= 0.3 is 6.09 Å². The van der Waals surface area contributed by atoms with E-state index in [0.29, 0.717) is 67.9 Å². The molecule has 0 radical (unpaired) electrons. The Morgan fingerprint density at radius 3 is 2.29 bits per heavy atom. The first-order chi connectivity index (χ1) is 27.6. The van der Waals surface area contributed by atoms with Crippen LogP contribution in [-0.4, -0.2) is 87.5 Å². The van der Waals surface area contributed by atoms with Crippen LogP contribution in [0.25, 0.3) is 39.2 Å². The molecule has 0 spiro atoms. The van der Waals surface area contributed by atoms with Crippen molar-refractivity contribution >= 4 is 46.8 Å². The fourth-order valence-corrected chi connectivity index (χ4v) is 7.50. The largest absolute Gasteiger partial charge is 0.481 e. The third-order valence-electron chi connectivity index (χ3n) is 10.0. The Hall–Kier alpha value is -5.50. The summed E-state index contributed by atoms with van der Waals surface area (Å²) < 4.78 is 12.9. The van der Waals surface area contributed by atoms with Crippen LogP contribution in [0, 0.1) is 0 Å². The first-order valence-corrected chi connectivity index (χ1v) is 19.7. The fourth-order valence-electron chi connectivity index (χ4n) is 6.84. The van der Waals surface area contributed by atoms with Crippen LogP contribution in [-0.2, 0) is 27.4 Å². The highest BCUT2D eigenvalue weighted by Gasteiger charge is 2.29. The lowest BCUT2D eigenvalue weighted by Crippen LogP contribution is -2.43. The van der Waals surface area contributed by atoms with Crippen molar-refractivity contribution in [1.29, 1.82) is 0 Å². The second kappa shape index (κ2) is 17.6. The monoisotopic (exact) mass is 827 g/mol. The summed E-state index contributed by atoms with van der Waals surface area (Å²) in [5.41, 5.74) is 4.64. The molecule has 1 saturated heterocycles. The Kier molecular flexibility index (Phi) is 12.7. The highest BCUT2D eigenvalue weighted by atomic mass is 35.5. The summed E-state index contributed by atoms with van der Waals surface area (Å²) in [6.45, 7) is 7.85. The number of aromatic nitrogens is 3. The number of fused-ring (bicyclic) bond motifs is 1. The van der Waals surface area contributed by atoms with Crippen LogP contribution in [0.4, 0.5) is 4.79 Å². The van der Waals surface area contributed by atoms with Crippen molar-refractivity contribution in [3.8, 4) is 39.4 Å². The first-order valence-electron chi connectivity index (χ1n) is 18.9. The molecule has 5 aromatic rings. The van der Waals surface area contributed by atoms with Gasteiger partial charge in [-0.15, -0.1) is 0 Å². The summed E-state index contributed by atoms with van der Waals surface area (Å²) in [5.74, 6) is 0.123. The van der Waals surface area contributed by atoms with Crippen LogP contribution in [0.1, 0.15) is 51.7 Å². The molecule has 304 valence electrons. The predicted octanol–water partition coefficient (Wildman–Crippen LogP) is 6.99.